The monoisotopic (exact) mass is 211 g/mol. The van der Waals surface area contributed by atoms with Crippen molar-refractivity contribution in [2.75, 3.05) is 6.79 Å². The van der Waals surface area contributed by atoms with E-state index < -0.39 is 0 Å². The molecular formula is C12H21NO2. The third kappa shape index (κ3) is 3.96. The SMILES string of the molecule is CCC(C)C(N)CC(C)=CC1=COCO1. The molecule has 0 aromatic heterocycles. The van der Waals surface area contributed by atoms with Gasteiger partial charge in [0.05, 0.1) is 0 Å². The molecule has 1 heterocycles. The van der Waals surface area contributed by atoms with E-state index in [1.54, 1.807) is 6.26 Å². The van der Waals surface area contributed by atoms with Crippen LogP contribution < -0.4 is 5.73 Å². The molecule has 0 saturated carbocycles. The summed E-state index contributed by atoms with van der Waals surface area (Å²) in [5, 5.41) is 0. The van der Waals surface area contributed by atoms with Crippen LogP contribution in [0.4, 0.5) is 0 Å². The van der Waals surface area contributed by atoms with Crippen molar-refractivity contribution < 1.29 is 9.47 Å². The number of allylic oxidation sites excluding steroid dienone is 1. The summed E-state index contributed by atoms with van der Waals surface area (Å²) in [7, 11) is 0. The van der Waals surface area contributed by atoms with Crippen molar-refractivity contribution in [3.8, 4) is 0 Å². The zero-order valence-corrected chi connectivity index (χ0v) is 9.82. The van der Waals surface area contributed by atoms with E-state index in [9.17, 15) is 0 Å². The quantitative estimate of drug-likeness (QED) is 0.760. The molecule has 0 fully saturated rings. The molecule has 3 nitrogen and oxygen atoms in total. The van der Waals surface area contributed by atoms with E-state index in [0.29, 0.717) is 12.7 Å². The molecular weight excluding hydrogens is 190 g/mol. The standard InChI is InChI=1S/C12H21NO2/c1-4-10(3)12(13)6-9(2)5-11-7-14-8-15-11/h5,7,10,12H,4,6,8,13H2,1-3H3. The van der Waals surface area contributed by atoms with Crippen molar-refractivity contribution in [3.63, 3.8) is 0 Å². The number of hydrogen-bond donors (Lipinski definition) is 1. The third-order valence-electron chi connectivity index (χ3n) is 2.81. The van der Waals surface area contributed by atoms with Crippen molar-refractivity contribution in [3.05, 3.63) is 23.7 Å². The van der Waals surface area contributed by atoms with Crippen molar-refractivity contribution in [2.45, 2.75) is 39.7 Å². The molecule has 2 N–H and O–H groups in total. The van der Waals surface area contributed by atoms with Gasteiger partial charge < -0.3 is 15.2 Å². The molecule has 1 aliphatic heterocycles. The van der Waals surface area contributed by atoms with Gasteiger partial charge in [-0.1, -0.05) is 25.8 Å². The number of ether oxygens (including phenoxy) is 2. The van der Waals surface area contributed by atoms with Crippen LogP contribution in [0.15, 0.2) is 23.7 Å². The van der Waals surface area contributed by atoms with Gasteiger partial charge in [-0.25, -0.2) is 0 Å². The van der Waals surface area contributed by atoms with E-state index >= 15 is 0 Å². The molecule has 0 aromatic carbocycles. The Bertz CT molecular complexity index is 258. The zero-order valence-electron chi connectivity index (χ0n) is 9.82. The lowest BCUT2D eigenvalue weighted by Crippen LogP contribution is -2.27. The molecule has 2 atom stereocenters. The zero-order chi connectivity index (χ0) is 11.3. The van der Waals surface area contributed by atoms with E-state index in [1.807, 2.05) is 6.08 Å². The molecule has 2 unspecified atom stereocenters. The van der Waals surface area contributed by atoms with Crippen molar-refractivity contribution in [2.24, 2.45) is 11.7 Å². The van der Waals surface area contributed by atoms with E-state index in [0.717, 1.165) is 18.6 Å². The molecule has 0 aromatic rings. The first kappa shape index (κ1) is 12.1. The van der Waals surface area contributed by atoms with Crippen LogP contribution in [0.5, 0.6) is 0 Å². The van der Waals surface area contributed by atoms with E-state index in [4.69, 9.17) is 15.2 Å². The van der Waals surface area contributed by atoms with Crippen LogP contribution in [0, 0.1) is 5.92 Å². The van der Waals surface area contributed by atoms with Gasteiger partial charge in [-0.2, -0.15) is 0 Å². The molecule has 1 rings (SSSR count). The Morgan fingerprint density at radius 3 is 2.93 bits per heavy atom. The summed E-state index contributed by atoms with van der Waals surface area (Å²) >= 11 is 0. The van der Waals surface area contributed by atoms with Crippen LogP contribution >= 0.6 is 0 Å². The summed E-state index contributed by atoms with van der Waals surface area (Å²) < 4.78 is 10.2. The molecule has 0 amide bonds. The van der Waals surface area contributed by atoms with Gasteiger partial charge in [0.25, 0.3) is 0 Å². The second-order valence-corrected chi connectivity index (χ2v) is 4.19. The lowest BCUT2D eigenvalue weighted by molar-refractivity contribution is 0.0843. The average molecular weight is 211 g/mol. The highest BCUT2D eigenvalue weighted by Gasteiger charge is 2.12. The Balaban J connectivity index is 2.43. The fraction of sp³-hybridized carbons (Fsp3) is 0.667. The predicted molar refractivity (Wildman–Crippen MR) is 60.9 cm³/mol. The highest BCUT2D eigenvalue weighted by molar-refractivity contribution is 5.17. The second-order valence-electron chi connectivity index (χ2n) is 4.19. The lowest BCUT2D eigenvalue weighted by Gasteiger charge is -2.18. The van der Waals surface area contributed by atoms with Crippen LogP contribution in [-0.2, 0) is 9.47 Å². The summed E-state index contributed by atoms with van der Waals surface area (Å²) in [6.07, 6.45) is 5.67. The minimum absolute atomic E-state index is 0.231. The Morgan fingerprint density at radius 1 is 1.67 bits per heavy atom. The van der Waals surface area contributed by atoms with Gasteiger partial charge in [-0.15, -0.1) is 0 Å². The molecule has 1 aliphatic rings. The fourth-order valence-electron chi connectivity index (χ4n) is 1.51. The minimum Gasteiger partial charge on any atom is -0.461 e. The molecule has 15 heavy (non-hydrogen) atoms. The van der Waals surface area contributed by atoms with E-state index in [-0.39, 0.29) is 6.04 Å². The smallest absolute Gasteiger partial charge is 0.230 e. The summed E-state index contributed by atoms with van der Waals surface area (Å²) in [5.41, 5.74) is 7.31. The van der Waals surface area contributed by atoms with Crippen LogP contribution in [-0.4, -0.2) is 12.8 Å². The van der Waals surface area contributed by atoms with Gasteiger partial charge in [0.2, 0.25) is 6.79 Å². The molecule has 0 aliphatic carbocycles. The van der Waals surface area contributed by atoms with Gasteiger partial charge in [-0.3, -0.25) is 0 Å². The lowest BCUT2D eigenvalue weighted by atomic mass is 9.94. The Kier molecular flexibility index (Phi) is 4.69. The van der Waals surface area contributed by atoms with E-state index in [1.165, 1.54) is 5.57 Å². The van der Waals surface area contributed by atoms with Gasteiger partial charge in [0, 0.05) is 6.04 Å². The van der Waals surface area contributed by atoms with E-state index in [2.05, 4.69) is 20.8 Å². The maximum atomic E-state index is 6.07. The summed E-state index contributed by atoms with van der Waals surface area (Å²) in [4.78, 5) is 0. The largest absolute Gasteiger partial charge is 0.461 e. The maximum Gasteiger partial charge on any atom is 0.230 e. The first-order valence-electron chi connectivity index (χ1n) is 5.50. The molecule has 3 heteroatoms. The average Bonchev–Trinajstić information content (AvgIpc) is 2.68. The van der Waals surface area contributed by atoms with Crippen molar-refractivity contribution >= 4 is 0 Å². The first-order chi connectivity index (χ1) is 7.13. The highest BCUT2D eigenvalue weighted by Crippen LogP contribution is 2.17. The van der Waals surface area contributed by atoms with Crippen molar-refractivity contribution in [1.29, 1.82) is 0 Å². The highest BCUT2D eigenvalue weighted by atomic mass is 16.7. The number of hydrogen-bond acceptors (Lipinski definition) is 3. The number of rotatable bonds is 5. The second kappa shape index (κ2) is 5.81. The van der Waals surface area contributed by atoms with Gasteiger partial charge in [0.15, 0.2) is 5.76 Å². The van der Waals surface area contributed by atoms with Crippen LogP contribution in [0.25, 0.3) is 0 Å². The molecule has 0 bridgehead atoms. The minimum atomic E-state index is 0.231. The molecule has 0 spiro atoms. The number of nitrogens with two attached hydrogens (primary N) is 1. The summed E-state index contributed by atoms with van der Waals surface area (Å²) in [6, 6.07) is 0.231. The van der Waals surface area contributed by atoms with Crippen molar-refractivity contribution in [1.82, 2.24) is 0 Å². The summed E-state index contributed by atoms with van der Waals surface area (Å²) in [5.74, 6) is 1.35. The van der Waals surface area contributed by atoms with Gasteiger partial charge in [0.1, 0.15) is 6.26 Å². The van der Waals surface area contributed by atoms with Gasteiger partial charge in [-0.05, 0) is 25.3 Å². The van der Waals surface area contributed by atoms with Crippen LogP contribution in [0.3, 0.4) is 0 Å². The van der Waals surface area contributed by atoms with Gasteiger partial charge >= 0.3 is 0 Å². The third-order valence-corrected chi connectivity index (χ3v) is 2.81. The fourth-order valence-corrected chi connectivity index (χ4v) is 1.51. The maximum absolute atomic E-state index is 6.07. The van der Waals surface area contributed by atoms with Crippen LogP contribution in [0.2, 0.25) is 0 Å². The summed E-state index contributed by atoms with van der Waals surface area (Å²) in [6.45, 7) is 6.76. The van der Waals surface area contributed by atoms with Crippen LogP contribution in [0.1, 0.15) is 33.6 Å². The molecule has 0 saturated heterocycles. The first-order valence-corrected chi connectivity index (χ1v) is 5.50. The Labute approximate surface area is 91.9 Å². The molecule has 0 radical (unpaired) electrons. The predicted octanol–water partition coefficient (Wildman–Crippen LogP) is 2.54. The Morgan fingerprint density at radius 2 is 2.40 bits per heavy atom. The Hall–Kier alpha value is -0.960. The normalized spacial score (nSPS) is 20.3. The molecule has 86 valence electrons. The topological polar surface area (TPSA) is 44.5 Å².